The summed E-state index contributed by atoms with van der Waals surface area (Å²) < 4.78 is 5.31. The Kier molecular flexibility index (Phi) is 2.69. The summed E-state index contributed by atoms with van der Waals surface area (Å²) >= 11 is 0. The van der Waals surface area contributed by atoms with E-state index in [0.29, 0.717) is 5.92 Å². The average Bonchev–Trinajstić information content (AvgIpc) is 2.34. The van der Waals surface area contributed by atoms with Crippen LogP contribution >= 0.6 is 0 Å². The summed E-state index contributed by atoms with van der Waals surface area (Å²) in [6, 6.07) is 0. The van der Waals surface area contributed by atoms with Gasteiger partial charge in [0.25, 0.3) is 0 Å². The lowest BCUT2D eigenvalue weighted by Gasteiger charge is -1.96. The quantitative estimate of drug-likeness (QED) is 0.568. The minimum Gasteiger partial charge on any atom is -0.497 e. The molecule has 1 rings (SSSR count). The molecule has 1 atom stereocenters. The van der Waals surface area contributed by atoms with Crippen molar-refractivity contribution in [3.8, 4) is 0 Å². The van der Waals surface area contributed by atoms with Gasteiger partial charge in [0.05, 0.1) is 12.4 Å². The predicted molar refractivity (Wildman–Crippen MR) is 43.1 cm³/mol. The number of ketones is 1. The van der Waals surface area contributed by atoms with Gasteiger partial charge in [-0.3, -0.25) is 4.79 Å². The highest BCUT2D eigenvalue weighted by atomic mass is 16.5. The molecule has 2 nitrogen and oxygen atoms in total. The highest BCUT2D eigenvalue weighted by Crippen LogP contribution is 2.24. The second-order valence-electron chi connectivity index (χ2n) is 3.01. The smallest absolute Gasteiger partial charge is 0.155 e. The molecule has 0 aromatic rings. The van der Waals surface area contributed by atoms with Crippen LogP contribution in [0.4, 0.5) is 0 Å². The molecule has 0 aromatic heterocycles. The maximum Gasteiger partial charge on any atom is 0.155 e. The van der Waals surface area contributed by atoms with E-state index in [4.69, 9.17) is 4.74 Å². The number of allylic oxidation sites excluding steroid dienone is 2. The molecule has 1 saturated heterocycles. The molecule has 0 bridgehead atoms. The summed E-state index contributed by atoms with van der Waals surface area (Å²) in [4.78, 5) is 10.6. The SMILES string of the molecule is CCC1CO/C(=C\C(C)=O)C1. The molecule has 62 valence electrons. The number of ether oxygens (including phenoxy) is 1. The standard InChI is InChI=1S/C9H14O2/c1-3-8-5-9(11-6-8)4-7(2)10/h4,8H,3,5-6H2,1-2H3/b9-4-. The van der Waals surface area contributed by atoms with E-state index in [1.807, 2.05) is 0 Å². The van der Waals surface area contributed by atoms with Gasteiger partial charge >= 0.3 is 0 Å². The van der Waals surface area contributed by atoms with Crippen LogP contribution < -0.4 is 0 Å². The van der Waals surface area contributed by atoms with Crippen LogP contribution in [0.25, 0.3) is 0 Å². The van der Waals surface area contributed by atoms with E-state index in [0.717, 1.165) is 25.2 Å². The number of rotatable bonds is 2. The van der Waals surface area contributed by atoms with Crippen molar-refractivity contribution < 1.29 is 9.53 Å². The molecule has 0 aromatic carbocycles. The zero-order valence-corrected chi connectivity index (χ0v) is 7.09. The normalized spacial score (nSPS) is 27.1. The first-order valence-electron chi connectivity index (χ1n) is 4.06. The number of hydrogen-bond acceptors (Lipinski definition) is 2. The average molecular weight is 154 g/mol. The first kappa shape index (κ1) is 8.31. The van der Waals surface area contributed by atoms with Crippen LogP contribution in [0, 0.1) is 5.92 Å². The molecule has 0 radical (unpaired) electrons. The van der Waals surface area contributed by atoms with Crippen LogP contribution in [-0.2, 0) is 9.53 Å². The Morgan fingerprint density at radius 2 is 2.55 bits per heavy atom. The molecule has 0 aliphatic carbocycles. The van der Waals surface area contributed by atoms with Gasteiger partial charge in [-0.1, -0.05) is 6.92 Å². The molecule has 0 saturated carbocycles. The van der Waals surface area contributed by atoms with E-state index in [9.17, 15) is 4.79 Å². The van der Waals surface area contributed by atoms with E-state index in [-0.39, 0.29) is 5.78 Å². The summed E-state index contributed by atoms with van der Waals surface area (Å²) in [5.41, 5.74) is 0. The number of carbonyl (C=O) groups is 1. The lowest BCUT2D eigenvalue weighted by molar-refractivity contribution is -0.112. The van der Waals surface area contributed by atoms with Crippen molar-refractivity contribution in [2.75, 3.05) is 6.61 Å². The first-order valence-corrected chi connectivity index (χ1v) is 4.06. The van der Waals surface area contributed by atoms with Crippen molar-refractivity contribution in [2.45, 2.75) is 26.7 Å². The fourth-order valence-electron chi connectivity index (χ4n) is 1.22. The van der Waals surface area contributed by atoms with Crippen LogP contribution in [0.1, 0.15) is 26.7 Å². The largest absolute Gasteiger partial charge is 0.497 e. The fraction of sp³-hybridized carbons (Fsp3) is 0.667. The molecule has 1 aliphatic heterocycles. The highest BCUT2D eigenvalue weighted by Gasteiger charge is 2.18. The first-order chi connectivity index (χ1) is 5.22. The number of carbonyl (C=O) groups excluding carboxylic acids is 1. The van der Waals surface area contributed by atoms with Gasteiger partial charge in [0.2, 0.25) is 0 Å². The van der Waals surface area contributed by atoms with Crippen LogP contribution in [0.15, 0.2) is 11.8 Å². The van der Waals surface area contributed by atoms with E-state index in [1.54, 1.807) is 13.0 Å². The highest BCUT2D eigenvalue weighted by molar-refractivity contribution is 5.87. The molecule has 0 spiro atoms. The van der Waals surface area contributed by atoms with Gasteiger partial charge in [-0.15, -0.1) is 0 Å². The zero-order valence-electron chi connectivity index (χ0n) is 7.09. The summed E-state index contributed by atoms with van der Waals surface area (Å²) in [5, 5.41) is 0. The summed E-state index contributed by atoms with van der Waals surface area (Å²) in [7, 11) is 0. The minimum absolute atomic E-state index is 0.0803. The topological polar surface area (TPSA) is 26.3 Å². The molecular weight excluding hydrogens is 140 g/mol. The van der Waals surface area contributed by atoms with Gasteiger partial charge in [0.15, 0.2) is 5.78 Å². The second kappa shape index (κ2) is 3.56. The molecule has 1 aliphatic rings. The molecule has 1 heterocycles. The van der Waals surface area contributed by atoms with Crippen molar-refractivity contribution in [3.05, 3.63) is 11.8 Å². The molecule has 1 fully saturated rings. The Morgan fingerprint density at radius 3 is 3.00 bits per heavy atom. The Labute approximate surface area is 67.2 Å². The lowest BCUT2D eigenvalue weighted by atomic mass is 10.1. The zero-order chi connectivity index (χ0) is 8.27. The van der Waals surface area contributed by atoms with Gasteiger partial charge in [-0.25, -0.2) is 0 Å². The van der Waals surface area contributed by atoms with Gasteiger partial charge in [-0.2, -0.15) is 0 Å². The molecular formula is C9H14O2. The molecule has 0 amide bonds. The third-order valence-corrected chi connectivity index (χ3v) is 1.94. The van der Waals surface area contributed by atoms with Crippen molar-refractivity contribution in [1.82, 2.24) is 0 Å². The predicted octanol–water partition coefficient (Wildman–Crippen LogP) is 1.91. The summed E-state index contributed by atoms with van der Waals surface area (Å²) in [5.74, 6) is 1.57. The van der Waals surface area contributed by atoms with E-state index in [2.05, 4.69) is 6.92 Å². The summed E-state index contributed by atoms with van der Waals surface area (Å²) in [6.07, 6.45) is 3.67. The maximum atomic E-state index is 10.6. The molecule has 1 unspecified atom stereocenters. The molecule has 11 heavy (non-hydrogen) atoms. The van der Waals surface area contributed by atoms with Gasteiger partial charge in [-0.05, 0) is 19.3 Å². The van der Waals surface area contributed by atoms with Gasteiger partial charge in [0, 0.05) is 12.5 Å². The van der Waals surface area contributed by atoms with Crippen LogP contribution in [0.3, 0.4) is 0 Å². The monoisotopic (exact) mass is 154 g/mol. The van der Waals surface area contributed by atoms with Crippen LogP contribution in [0.2, 0.25) is 0 Å². The van der Waals surface area contributed by atoms with E-state index in [1.165, 1.54) is 0 Å². The maximum absolute atomic E-state index is 10.6. The van der Waals surface area contributed by atoms with Crippen molar-refractivity contribution in [2.24, 2.45) is 5.92 Å². The van der Waals surface area contributed by atoms with Gasteiger partial charge < -0.3 is 4.74 Å². The number of hydrogen-bond donors (Lipinski definition) is 0. The van der Waals surface area contributed by atoms with Crippen LogP contribution in [0.5, 0.6) is 0 Å². The van der Waals surface area contributed by atoms with Crippen LogP contribution in [-0.4, -0.2) is 12.4 Å². The Bertz CT molecular complexity index is 182. The third kappa shape index (κ3) is 2.37. The van der Waals surface area contributed by atoms with Crippen molar-refractivity contribution >= 4 is 5.78 Å². The lowest BCUT2D eigenvalue weighted by Crippen LogP contribution is -1.94. The minimum atomic E-state index is 0.0803. The third-order valence-electron chi connectivity index (χ3n) is 1.94. The van der Waals surface area contributed by atoms with Crippen molar-refractivity contribution in [3.63, 3.8) is 0 Å². The Morgan fingerprint density at radius 1 is 1.82 bits per heavy atom. The van der Waals surface area contributed by atoms with Gasteiger partial charge in [0.1, 0.15) is 0 Å². The molecule has 0 N–H and O–H groups in total. The summed E-state index contributed by atoms with van der Waals surface area (Å²) in [6.45, 7) is 4.48. The Balaban J connectivity index is 2.47. The van der Waals surface area contributed by atoms with Crippen molar-refractivity contribution in [1.29, 1.82) is 0 Å². The fourth-order valence-corrected chi connectivity index (χ4v) is 1.22. The molecule has 2 heteroatoms. The van der Waals surface area contributed by atoms with E-state index >= 15 is 0 Å². The second-order valence-corrected chi connectivity index (χ2v) is 3.01. The van der Waals surface area contributed by atoms with E-state index < -0.39 is 0 Å². The Hall–Kier alpha value is -0.790.